The number of piperidine rings is 1. The summed E-state index contributed by atoms with van der Waals surface area (Å²) in [6.07, 6.45) is 9.52. The van der Waals surface area contributed by atoms with Crippen molar-refractivity contribution in [2.75, 3.05) is 25.0 Å². The van der Waals surface area contributed by atoms with Gasteiger partial charge in [-0.2, -0.15) is 0 Å². The van der Waals surface area contributed by atoms with Crippen LogP contribution in [0.4, 0.5) is 10.5 Å². The number of carbonyl (C=O) groups is 2. The number of likely N-dealkylation sites (tertiary alicyclic amines) is 1. The lowest BCUT2D eigenvalue weighted by atomic mass is 9.97. The minimum Gasteiger partial charge on any atom is -0.356 e. The summed E-state index contributed by atoms with van der Waals surface area (Å²) in [5, 5.41) is 6.00. The molecule has 1 unspecified atom stereocenters. The van der Waals surface area contributed by atoms with E-state index in [2.05, 4.69) is 10.6 Å². The fourth-order valence-corrected chi connectivity index (χ4v) is 4.15. The Hall–Kier alpha value is -2.04. The van der Waals surface area contributed by atoms with Crippen molar-refractivity contribution in [1.29, 1.82) is 0 Å². The zero-order valence-corrected chi connectivity index (χ0v) is 15.6. The lowest BCUT2D eigenvalue weighted by molar-refractivity contribution is -0.126. The number of nitrogens with one attached hydrogen (secondary N) is 2. The maximum absolute atomic E-state index is 12.5. The topological polar surface area (TPSA) is 61.4 Å². The molecule has 0 radical (unpaired) electrons. The summed E-state index contributed by atoms with van der Waals surface area (Å²) in [6, 6.07) is 9.34. The van der Waals surface area contributed by atoms with Crippen LogP contribution in [-0.2, 0) is 4.79 Å². The molecule has 2 N–H and O–H groups in total. The fraction of sp³-hybridized carbons (Fsp3) is 0.619. The van der Waals surface area contributed by atoms with Gasteiger partial charge in [-0.25, -0.2) is 4.79 Å². The molecule has 0 spiro atoms. The van der Waals surface area contributed by atoms with E-state index >= 15 is 0 Å². The molecule has 1 aromatic carbocycles. The molecular weight excluding hydrogens is 326 g/mol. The quantitative estimate of drug-likeness (QED) is 0.756. The molecule has 0 aromatic heterocycles. The van der Waals surface area contributed by atoms with Crippen molar-refractivity contribution in [3.05, 3.63) is 30.3 Å². The molecule has 26 heavy (non-hydrogen) atoms. The van der Waals surface area contributed by atoms with Gasteiger partial charge in [-0.3, -0.25) is 4.79 Å². The van der Waals surface area contributed by atoms with Gasteiger partial charge < -0.3 is 15.5 Å². The van der Waals surface area contributed by atoms with Crippen molar-refractivity contribution >= 4 is 17.6 Å². The highest BCUT2D eigenvalue weighted by Crippen LogP contribution is 2.28. The second kappa shape index (κ2) is 9.60. The van der Waals surface area contributed by atoms with E-state index in [1.165, 1.54) is 32.1 Å². The maximum atomic E-state index is 12.5. The first-order valence-corrected chi connectivity index (χ1v) is 10.1. The number of hydrogen-bond acceptors (Lipinski definition) is 2. The van der Waals surface area contributed by atoms with Gasteiger partial charge in [-0.05, 0) is 43.7 Å². The largest absolute Gasteiger partial charge is 0.356 e. The van der Waals surface area contributed by atoms with Crippen LogP contribution in [0.3, 0.4) is 0 Å². The first kappa shape index (κ1) is 18.7. The molecule has 1 saturated heterocycles. The number of rotatable bonds is 6. The van der Waals surface area contributed by atoms with Gasteiger partial charge in [0.25, 0.3) is 0 Å². The smallest absolute Gasteiger partial charge is 0.321 e. The Morgan fingerprint density at radius 1 is 1.04 bits per heavy atom. The Morgan fingerprint density at radius 3 is 2.58 bits per heavy atom. The van der Waals surface area contributed by atoms with Crippen LogP contribution in [0.1, 0.15) is 51.4 Å². The molecule has 2 fully saturated rings. The molecular formula is C21H31N3O2. The van der Waals surface area contributed by atoms with Gasteiger partial charge in [0.05, 0.1) is 5.92 Å². The van der Waals surface area contributed by atoms with Gasteiger partial charge in [0.1, 0.15) is 0 Å². The van der Waals surface area contributed by atoms with Crippen molar-refractivity contribution in [2.45, 2.75) is 51.4 Å². The van der Waals surface area contributed by atoms with E-state index in [-0.39, 0.29) is 17.9 Å². The molecule has 1 aliphatic carbocycles. The highest BCUT2D eigenvalue weighted by Gasteiger charge is 2.28. The number of anilines is 1. The molecule has 1 aromatic rings. The number of amides is 3. The molecule has 5 heteroatoms. The Morgan fingerprint density at radius 2 is 1.81 bits per heavy atom. The number of carbonyl (C=O) groups excluding carboxylic acids is 2. The van der Waals surface area contributed by atoms with Gasteiger partial charge >= 0.3 is 6.03 Å². The van der Waals surface area contributed by atoms with Gasteiger partial charge in [0.2, 0.25) is 5.91 Å². The average Bonchev–Trinajstić information content (AvgIpc) is 3.19. The predicted molar refractivity (Wildman–Crippen MR) is 104 cm³/mol. The third-order valence-corrected chi connectivity index (χ3v) is 5.67. The van der Waals surface area contributed by atoms with Crippen molar-refractivity contribution in [1.82, 2.24) is 10.2 Å². The minimum absolute atomic E-state index is 0.0863. The van der Waals surface area contributed by atoms with Crippen LogP contribution in [0.2, 0.25) is 0 Å². The molecule has 3 rings (SSSR count). The van der Waals surface area contributed by atoms with Crippen LogP contribution in [0.5, 0.6) is 0 Å². The van der Waals surface area contributed by atoms with E-state index in [1.807, 2.05) is 30.3 Å². The Labute approximate surface area is 156 Å². The number of para-hydroxylation sites is 1. The molecule has 5 nitrogen and oxygen atoms in total. The second-order valence-electron chi connectivity index (χ2n) is 7.67. The summed E-state index contributed by atoms with van der Waals surface area (Å²) < 4.78 is 0. The van der Waals surface area contributed by atoms with E-state index in [4.69, 9.17) is 0 Å². The third-order valence-electron chi connectivity index (χ3n) is 5.67. The molecule has 1 saturated carbocycles. The molecule has 2 aliphatic rings. The second-order valence-corrected chi connectivity index (χ2v) is 7.67. The van der Waals surface area contributed by atoms with Crippen molar-refractivity contribution < 1.29 is 9.59 Å². The van der Waals surface area contributed by atoms with Crippen LogP contribution in [0.15, 0.2) is 30.3 Å². The lowest BCUT2D eigenvalue weighted by Gasteiger charge is -2.32. The van der Waals surface area contributed by atoms with Gasteiger partial charge in [-0.15, -0.1) is 0 Å². The van der Waals surface area contributed by atoms with E-state index in [1.54, 1.807) is 4.90 Å². The summed E-state index contributed by atoms with van der Waals surface area (Å²) in [4.78, 5) is 26.6. The first-order valence-electron chi connectivity index (χ1n) is 10.1. The average molecular weight is 357 g/mol. The number of hydrogen-bond donors (Lipinski definition) is 2. The van der Waals surface area contributed by atoms with E-state index in [0.29, 0.717) is 13.1 Å². The highest BCUT2D eigenvalue weighted by molar-refractivity contribution is 5.90. The van der Waals surface area contributed by atoms with Crippen LogP contribution in [0, 0.1) is 11.8 Å². The standard InChI is InChI=1S/C21H31N3O2/c25-20(22-14-6-10-17-8-4-5-9-17)18-11-7-15-24(16-18)21(26)23-19-12-2-1-3-13-19/h1-3,12-13,17-18H,4-11,14-16H2,(H,22,25)(H,23,26). The van der Waals surface area contributed by atoms with E-state index < -0.39 is 0 Å². The summed E-state index contributed by atoms with van der Waals surface area (Å²) >= 11 is 0. The minimum atomic E-state index is -0.116. The summed E-state index contributed by atoms with van der Waals surface area (Å²) in [6.45, 7) is 1.99. The normalized spacial score (nSPS) is 20.8. The van der Waals surface area contributed by atoms with Crippen LogP contribution < -0.4 is 10.6 Å². The maximum Gasteiger partial charge on any atom is 0.321 e. The number of urea groups is 1. The Bertz CT molecular complexity index is 584. The van der Waals surface area contributed by atoms with E-state index in [0.717, 1.165) is 37.4 Å². The first-order chi connectivity index (χ1) is 12.7. The predicted octanol–water partition coefficient (Wildman–Crippen LogP) is 4.02. The number of nitrogens with zero attached hydrogens (tertiary/aromatic N) is 1. The van der Waals surface area contributed by atoms with Crippen molar-refractivity contribution in [2.24, 2.45) is 11.8 Å². The summed E-state index contributed by atoms with van der Waals surface area (Å²) in [5.41, 5.74) is 0.788. The zero-order valence-electron chi connectivity index (χ0n) is 15.6. The fourth-order valence-electron chi connectivity index (χ4n) is 4.15. The summed E-state index contributed by atoms with van der Waals surface area (Å²) in [5.74, 6) is 0.893. The Kier molecular flexibility index (Phi) is 6.92. The van der Waals surface area contributed by atoms with Gasteiger partial charge in [0.15, 0.2) is 0 Å². The van der Waals surface area contributed by atoms with E-state index in [9.17, 15) is 9.59 Å². The highest BCUT2D eigenvalue weighted by atomic mass is 16.2. The molecule has 1 atom stereocenters. The Balaban J connectivity index is 1.39. The SMILES string of the molecule is O=C(NCCCC1CCCC1)C1CCCN(C(=O)Nc2ccccc2)C1. The molecule has 1 heterocycles. The molecule has 3 amide bonds. The zero-order chi connectivity index (χ0) is 18.2. The van der Waals surface area contributed by atoms with Gasteiger partial charge in [-0.1, -0.05) is 43.9 Å². The monoisotopic (exact) mass is 357 g/mol. The van der Waals surface area contributed by atoms with Crippen LogP contribution >= 0.6 is 0 Å². The molecule has 0 bridgehead atoms. The van der Waals surface area contributed by atoms with Crippen molar-refractivity contribution in [3.63, 3.8) is 0 Å². The third kappa shape index (κ3) is 5.48. The molecule has 142 valence electrons. The number of benzene rings is 1. The van der Waals surface area contributed by atoms with Crippen molar-refractivity contribution in [3.8, 4) is 0 Å². The van der Waals surface area contributed by atoms with Gasteiger partial charge in [0, 0.05) is 25.3 Å². The summed E-state index contributed by atoms with van der Waals surface area (Å²) in [7, 11) is 0. The lowest BCUT2D eigenvalue weighted by Crippen LogP contribution is -2.47. The van der Waals surface area contributed by atoms with Crippen LogP contribution in [-0.4, -0.2) is 36.5 Å². The molecule has 1 aliphatic heterocycles. The van der Waals surface area contributed by atoms with Crippen LogP contribution in [0.25, 0.3) is 0 Å².